The van der Waals surface area contributed by atoms with Crippen LogP contribution in [0.15, 0.2) is 48.7 Å². The van der Waals surface area contributed by atoms with Gasteiger partial charge in [0, 0.05) is 20.4 Å². The smallest absolute Gasteiger partial charge is 0.290 e. The number of para-hydroxylation sites is 2. The molecule has 2 aromatic heterocycles. The van der Waals surface area contributed by atoms with Gasteiger partial charge in [-0.05, 0) is 24.3 Å². The summed E-state index contributed by atoms with van der Waals surface area (Å²) in [6, 6.07) is 12.9. The fourth-order valence-electron chi connectivity index (χ4n) is 2.49. The number of carbonyl (C=O) groups is 1. The van der Waals surface area contributed by atoms with Crippen LogP contribution in [-0.4, -0.2) is 46.5 Å². The predicted molar refractivity (Wildman–Crippen MR) is 87.0 cm³/mol. The number of amides is 1. The van der Waals surface area contributed by atoms with Gasteiger partial charge >= 0.3 is 0 Å². The molecule has 23 heavy (non-hydrogen) atoms. The molecule has 0 bridgehead atoms. The van der Waals surface area contributed by atoms with Gasteiger partial charge in [-0.2, -0.15) is 0 Å². The molecule has 0 saturated carbocycles. The van der Waals surface area contributed by atoms with Crippen LogP contribution in [0.5, 0.6) is 0 Å². The summed E-state index contributed by atoms with van der Waals surface area (Å²) in [7, 11) is 3.34. The maximum atomic E-state index is 12.8. The average molecular weight is 310 g/mol. The van der Waals surface area contributed by atoms with Crippen LogP contribution in [0.2, 0.25) is 0 Å². The minimum absolute atomic E-state index is 0.200. The number of pyridine rings is 1. The van der Waals surface area contributed by atoms with E-state index in [1.165, 1.54) is 0 Å². The number of rotatable bonds is 5. The fourth-order valence-corrected chi connectivity index (χ4v) is 2.49. The van der Waals surface area contributed by atoms with Gasteiger partial charge in [0.25, 0.3) is 5.91 Å². The molecule has 0 aliphatic heterocycles. The number of nitrogens with one attached hydrogen (secondary N) is 1. The van der Waals surface area contributed by atoms with E-state index in [9.17, 15) is 4.79 Å². The van der Waals surface area contributed by atoms with Gasteiger partial charge in [0.1, 0.15) is 0 Å². The van der Waals surface area contributed by atoms with Gasteiger partial charge in [0.15, 0.2) is 5.82 Å². The van der Waals surface area contributed by atoms with E-state index in [0.29, 0.717) is 12.4 Å². The van der Waals surface area contributed by atoms with Crippen LogP contribution in [0.1, 0.15) is 22.4 Å². The molecule has 1 N–H and O–H groups in total. The van der Waals surface area contributed by atoms with Crippen LogP contribution in [0.4, 0.5) is 0 Å². The maximum Gasteiger partial charge on any atom is 0.290 e. The fraction of sp³-hybridized carbons (Fsp3) is 0.235. The van der Waals surface area contributed by atoms with E-state index in [2.05, 4.69) is 15.0 Å². The molecule has 1 atom stereocenters. The highest BCUT2D eigenvalue weighted by molar-refractivity contribution is 5.94. The number of H-pyrrole nitrogens is 1. The summed E-state index contributed by atoms with van der Waals surface area (Å²) in [5, 5.41) is 0. The second-order valence-corrected chi connectivity index (χ2v) is 5.24. The molecule has 0 fully saturated rings. The molecule has 1 amide bonds. The number of likely N-dealkylation sites (N-methyl/N-ethyl adjacent to an activating group) is 1. The molecule has 0 unspecified atom stereocenters. The van der Waals surface area contributed by atoms with E-state index in [0.717, 1.165) is 16.7 Å². The van der Waals surface area contributed by atoms with Crippen molar-refractivity contribution in [2.75, 3.05) is 20.8 Å². The number of carbonyl (C=O) groups excluding carboxylic acids is 1. The molecular formula is C17H18N4O2. The van der Waals surface area contributed by atoms with Gasteiger partial charge in [-0.15, -0.1) is 0 Å². The molecule has 0 radical (unpaired) electrons. The number of methoxy groups -OCH3 is 1. The Morgan fingerprint density at radius 2 is 2.04 bits per heavy atom. The molecule has 3 rings (SSSR count). The summed E-state index contributed by atoms with van der Waals surface area (Å²) in [4.78, 5) is 26.1. The van der Waals surface area contributed by atoms with Crippen LogP contribution in [-0.2, 0) is 4.74 Å². The van der Waals surface area contributed by atoms with Crippen molar-refractivity contribution in [3.05, 3.63) is 60.2 Å². The lowest BCUT2D eigenvalue weighted by Crippen LogP contribution is -2.34. The van der Waals surface area contributed by atoms with Crippen LogP contribution in [0.3, 0.4) is 0 Å². The van der Waals surface area contributed by atoms with Crippen molar-refractivity contribution in [3.8, 4) is 0 Å². The zero-order valence-electron chi connectivity index (χ0n) is 13.1. The number of fused-ring (bicyclic) bond motifs is 1. The lowest BCUT2D eigenvalue weighted by Gasteiger charge is -2.26. The van der Waals surface area contributed by atoms with Gasteiger partial charge in [-0.25, -0.2) is 4.98 Å². The first-order valence-corrected chi connectivity index (χ1v) is 7.32. The van der Waals surface area contributed by atoms with Crippen LogP contribution < -0.4 is 0 Å². The Hall–Kier alpha value is -2.73. The quantitative estimate of drug-likeness (QED) is 0.785. The van der Waals surface area contributed by atoms with Crippen molar-refractivity contribution in [1.82, 2.24) is 19.9 Å². The summed E-state index contributed by atoms with van der Waals surface area (Å²) in [5.41, 5.74) is 2.39. The molecule has 0 aliphatic carbocycles. The van der Waals surface area contributed by atoms with Crippen LogP contribution >= 0.6 is 0 Å². The van der Waals surface area contributed by atoms with E-state index in [4.69, 9.17) is 4.74 Å². The van der Waals surface area contributed by atoms with Gasteiger partial charge in [-0.3, -0.25) is 9.78 Å². The highest BCUT2D eigenvalue weighted by Crippen LogP contribution is 2.20. The van der Waals surface area contributed by atoms with Crippen molar-refractivity contribution in [2.24, 2.45) is 0 Å². The zero-order valence-corrected chi connectivity index (χ0v) is 13.1. The third-order valence-electron chi connectivity index (χ3n) is 3.73. The number of imidazole rings is 1. The van der Waals surface area contributed by atoms with E-state index >= 15 is 0 Å². The SMILES string of the molecule is COC[C@@H](c1ccccn1)N(C)C(=O)c1nc2ccccc2[nH]1. The zero-order chi connectivity index (χ0) is 16.2. The summed E-state index contributed by atoms with van der Waals surface area (Å²) in [6.45, 7) is 0.361. The summed E-state index contributed by atoms with van der Waals surface area (Å²) in [6.07, 6.45) is 1.71. The molecule has 118 valence electrons. The molecule has 0 saturated heterocycles. The predicted octanol–water partition coefficient (Wildman–Crippen LogP) is 2.42. The largest absolute Gasteiger partial charge is 0.382 e. The lowest BCUT2D eigenvalue weighted by atomic mass is 10.1. The Kier molecular flexibility index (Phi) is 4.34. The number of hydrogen-bond donors (Lipinski definition) is 1. The minimum Gasteiger partial charge on any atom is -0.382 e. The van der Waals surface area contributed by atoms with Crippen LogP contribution in [0.25, 0.3) is 11.0 Å². The maximum absolute atomic E-state index is 12.8. The van der Waals surface area contributed by atoms with Gasteiger partial charge in [-0.1, -0.05) is 18.2 Å². The first kappa shape index (κ1) is 15.2. The Morgan fingerprint density at radius 3 is 2.74 bits per heavy atom. The van der Waals surface area contributed by atoms with E-state index < -0.39 is 0 Å². The van der Waals surface area contributed by atoms with Crippen molar-refractivity contribution in [2.45, 2.75) is 6.04 Å². The number of nitrogens with zero attached hydrogens (tertiary/aromatic N) is 3. The number of benzene rings is 1. The Balaban J connectivity index is 1.89. The third kappa shape index (κ3) is 3.07. The summed E-state index contributed by atoms with van der Waals surface area (Å²) >= 11 is 0. The second-order valence-electron chi connectivity index (χ2n) is 5.24. The molecule has 1 aromatic carbocycles. The molecule has 6 nitrogen and oxygen atoms in total. The topological polar surface area (TPSA) is 71.1 Å². The van der Waals surface area contributed by atoms with Gasteiger partial charge in [0.05, 0.1) is 29.4 Å². The van der Waals surface area contributed by atoms with E-state index in [-0.39, 0.29) is 11.9 Å². The van der Waals surface area contributed by atoms with Gasteiger partial charge in [0.2, 0.25) is 0 Å². The Labute approximate surface area is 134 Å². The first-order valence-electron chi connectivity index (χ1n) is 7.32. The summed E-state index contributed by atoms with van der Waals surface area (Å²) < 4.78 is 5.26. The second kappa shape index (κ2) is 6.58. The lowest BCUT2D eigenvalue weighted by molar-refractivity contribution is 0.0585. The molecular weight excluding hydrogens is 292 g/mol. The van der Waals surface area contributed by atoms with Crippen LogP contribution in [0, 0.1) is 0 Å². The Morgan fingerprint density at radius 1 is 1.26 bits per heavy atom. The van der Waals surface area contributed by atoms with Gasteiger partial charge < -0.3 is 14.6 Å². The molecule has 3 aromatic rings. The monoisotopic (exact) mass is 310 g/mol. The first-order chi connectivity index (χ1) is 11.2. The third-order valence-corrected chi connectivity index (χ3v) is 3.73. The number of ether oxygens (including phenoxy) is 1. The molecule has 2 heterocycles. The summed E-state index contributed by atoms with van der Waals surface area (Å²) in [5.74, 6) is 0.111. The van der Waals surface area contributed by atoms with E-state index in [1.54, 1.807) is 25.3 Å². The van der Waals surface area contributed by atoms with Crippen molar-refractivity contribution >= 4 is 16.9 Å². The Bertz CT molecular complexity index is 767. The molecule has 0 spiro atoms. The van der Waals surface area contributed by atoms with Crippen molar-refractivity contribution in [3.63, 3.8) is 0 Å². The van der Waals surface area contributed by atoms with E-state index in [1.807, 2.05) is 42.5 Å². The highest BCUT2D eigenvalue weighted by atomic mass is 16.5. The average Bonchev–Trinajstić information content (AvgIpc) is 3.03. The molecule has 6 heteroatoms. The number of aromatic amines is 1. The standard InChI is InChI=1S/C17H18N4O2/c1-21(15(11-23-2)14-9-5-6-10-18-14)17(22)16-19-12-7-3-4-8-13(12)20-16/h3-10,15H,11H2,1-2H3,(H,19,20)/t15-/m0/s1. The number of aromatic nitrogens is 3. The highest BCUT2D eigenvalue weighted by Gasteiger charge is 2.25. The number of hydrogen-bond acceptors (Lipinski definition) is 4. The normalized spacial score (nSPS) is 12.3. The van der Waals surface area contributed by atoms with Crippen molar-refractivity contribution < 1.29 is 9.53 Å². The minimum atomic E-state index is -0.276. The van der Waals surface area contributed by atoms with Crippen molar-refractivity contribution in [1.29, 1.82) is 0 Å². The molecule has 0 aliphatic rings.